The van der Waals surface area contributed by atoms with Gasteiger partial charge >= 0.3 is 0 Å². The summed E-state index contributed by atoms with van der Waals surface area (Å²) >= 11 is 0. The minimum absolute atomic E-state index is 0.0389. The summed E-state index contributed by atoms with van der Waals surface area (Å²) in [6.45, 7) is 16.6. The van der Waals surface area contributed by atoms with Crippen molar-refractivity contribution in [3.8, 4) is 0 Å². The van der Waals surface area contributed by atoms with Crippen LogP contribution in [0.1, 0.15) is 112 Å². The summed E-state index contributed by atoms with van der Waals surface area (Å²) in [5, 5.41) is 0. The van der Waals surface area contributed by atoms with Crippen LogP contribution in [-0.2, 0) is 9.59 Å². The van der Waals surface area contributed by atoms with E-state index in [2.05, 4.69) is 27.4 Å². The first-order valence-electron chi connectivity index (χ1n) is 13.8. The van der Waals surface area contributed by atoms with E-state index in [1.165, 1.54) is 51.2 Å². The molecule has 0 spiro atoms. The summed E-state index contributed by atoms with van der Waals surface area (Å²) in [5.41, 5.74) is 0.837. The summed E-state index contributed by atoms with van der Waals surface area (Å²) < 4.78 is 0. The highest BCUT2D eigenvalue weighted by molar-refractivity contribution is 5.82. The summed E-state index contributed by atoms with van der Waals surface area (Å²) in [6.07, 6.45) is 16.5. The highest BCUT2D eigenvalue weighted by atomic mass is 16.1. The smallest absolute Gasteiger partial charge is 0.136 e. The zero-order valence-electron chi connectivity index (χ0n) is 21.9. The van der Waals surface area contributed by atoms with E-state index in [0.29, 0.717) is 28.4 Å². The number of Topliss-reactive ketones (excluding diaryl/α,β-unsaturated/α-hetero) is 1. The first kappa shape index (κ1) is 25.7. The van der Waals surface area contributed by atoms with Gasteiger partial charge in [0.1, 0.15) is 12.1 Å². The Hall–Kier alpha value is -0.920. The first-order chi connectivity index (χ1) is 15.3. The normalized spacial score (nSPS) is 48.9. The van der Waals surface area contributed by atoms with Crippen molar-refractivity contribution in [2.75, 3.05) is 0 Å². The molecule has 2 heteroatoms. The molecule has 2 nitrogen and oxygen atoms in total. The molecule has 0 saturated heterocycles. The number of fused-ring (bicyclic) bond motifs is 7. The predicted molar refractivity (Wildman–Crippen MR) is 134 cm³/mol. The number of hydrogen-bond donors (Lipinski definition) is 0. The van der Waals surface area contributed by atoms with Crippen molar-refractivity contribution in [1.29, 1.82) is 0 Å². The zero-order valence-corrected chi connectivity index (χ0v) is 21.9. The Balaban J connectivity index is 0.000000536. The highest BCUT2D eigenvalue weighted by Crippen LogP contribution is 2.71. The number of ketones is 1. The number of allylic oxidation sites excluding steroid dienone is 1. The average molecular weight is 443 g/mol. The third-order valence-corrected chi connectivity index (χ3v) is 11.2. The lowest BCUT2D eigenvalue weighted by Crippen LogP contribution is -2.60. The topological polar surface area (TPSA) is 34.1 Å². The average Bonchev–Trinajstić information content (AvgIpc) is 3.23. The van der Waals surface area contributed by atoms with Crippen LogP contribution in [0.5, 0.6) is 0 Å². The van der Waals surface area contributed by atoms with E-state index in [1.807, 2.05) is 20.8 Å². The van der Waals surface area contributed by atoms with Gasteiger partial charge in [-0.05, 0) is 105 Å². The molecule has 0 N–H and O–H groups in total. The largest absolute Gasteiger partial charge is 0.303 e. The molecule has 0 aromatic carbocycles. The highest BCUT2D eigenvalue weighted by Gasteiger charge is 2.64. The monoisotopic (exact) mass is 442 g/mol. The van der Waals surface area contributed by atoms with Crippen LogP contribution in [0.3, 0.4) is 0 Å². The van der Waals surface area contributed by atoms with Gasteiger partial charge in [-0.2, -0.15) is 0 Å². The van der Waals surface area contributed by atoms with E-state index in [4.69, 9.17) is 0 Å². The third-order valence-electron chi connectivity index (χ3n) is 11.2. The zero-order chi connectivity index (χ0) is 23.7. The molecule has 0 aromatic rings. The Kier molecular flexibility index (Phi) is 7.83. The van der Waals surface area contributed by atoms with Crippen LogP contribution in [0.25, 0.3) is 0 Å². The maximum absolute atomic E-state index is 12.4. The molecule has 32 heavy (non-hydrogen) atoms. The summed E-state index contributed by atoms with van der Waals surface area (Å²) in [4.78, 5) is 24.5. The molecule has 5 aliphatic carbocycles. The summed E-state index contributed by atoms with van der Waals surface area (Å²) in [6, 6.07) is 0. The third kappa shape index (κ3) is 3.76. The molecule has 5 fully saturated rings. The summed E-state index contributed by atoms with van der Waals surface area (Å²) in [7, 11) is 0. The van der Waals surface area contributed by atoms with Gasteiger partial charge in [-0.1, -0.05) is 47.1 Å². The second-order valence-electron chi connectivity index (χ2n) is 12.1. The van der Waals surface area contributed by atoms with Crippen LogP contribution in [-0.4, -0.2) is 12.1 Å². The van der Waals surface area contributed by atoms with Crippen molar-refractivity contribution in [3.63, 3.8) is 0 Å². The van der Waals surface area contributed by atoms with Crippen LogP contribution in [0.2, 0.25) is 0 Å². The number of rotatable bonds is 1. The molecule has 5 rings (SSSR count). The molecule has 5 saturated carbocycles. The first-order valence-corrected chi connectivity index (χ1v) is 13.8. The Morgan fingerprint density at radius 3 is 2.16 bits per heavy atom. The maximum atomic E-state index is 12.4. The molecule has 0 heterocycles. The number of hydrogen-bond acceptors (Lipinski definition) is 2. The fraction of sp³-hybridized carbons (Fsp3) is 0.867. The maximum Gasteiger partial charge on any atom is 0.136 e. The molecule has 0 amide bonds. The minimum atomic E-state index is 0.0389. The fourth-order valence-corrected chi connectivity index (χ4v) is 9.89. The van der Waals surface area contributed by atoms with Crippen LogP contribution in [0.4, 0.5) is 0 Å². The minimum Gasteiger partial charge on any atom is -0.303 e. The quantitative estimate of drug-likeness (QED) is 0.304. The number of carbonyl (C=O) groups excluding carboxylic acids is 2. The van der Waals surface area contributed by atoms with Crippen molar-refractivity contribution in [2.45, 2.75) is 112 Å². The van der Waals surface area contributed by atoms with Crippen molar-refractivity contribution in [1.82, 2.24) is 0 Å². The Labute approximate surface area is 198 Å². The van der Waals surface area contributed by atoms with E-state index >= 15 is 0 Å². The van der Waals surface area contributed by atoms with Crippen LogP contribution in [0, 0.1) is 51.8 Å². The molecule has 0 bridgehead atoms. The van der Waals surface area contributed by atoms with Gasteiger partial charge in [0.15, 0.2) is 0 Å². The lowest BCUT2D eigenvalue weighted by atomic mass is 9.38. The van der Waals surface area contributed by atoms with Gasteiger partial charge < -0.3 is 4.79 Å². The van der Waals surface area contributed by atoms with Gasteiger partial charge in [-0.25, -0.2) is 0 Å². The lowest BCUT2D eigenvalue weighted by Gasteiger charge is -2.67. The lowest BCUT2D eigenvalue weighted by molar-refractivity contribution is -0.184. The second-order valence-corrected chi connectivity index (χ2v) is 12.1. The van der Waals surface area contributed by atoms with Crippen molar-refractivity contribution in [3.05, 3.63) is 12.7 Å². The van der Waals surface area contributed by atoms with E-state index in [1.54, 1.807) is 6.08 Å². The van der Waals surface area contributed by atoms with Gasteiger partial charge in [0.05, 0.1) is 0 Å². The number of aldehydes is 1. The molecule has 9 unspecified atom stereocenters. The molecule has 0 aromatic heterocycles. The van der Waals surface area contributed by atoms with E-state index < -0.39 is 0 Å². The molecule has 182 valence electrons. The van der Waals surface area contributed by atoms with Gasteiger partial charge in [-0.15, -0.1) is 6.58 Å². The SMILES string of the molecule is C=CC.CC.CC1C(=O)CCC2(C)C1CCC1(C)C3CCC4(C=O)CCCC4C3CCC21. The fourth-order valence-electron chi connectivity index (χ4n) is 9.89. The van der Waals surface area contributed by atoms with Gasteiger partial charge in [-0.3, -0.25) is 4.79 Å². The Morgan fingerprint density at radius 2 is 1.50 bits per heavy atom. The second kappa shape index (κ2) is 9.75. The standard InChI is InChI=1S/C25H38O2.C3H6.C2H6/c1-16-18-8-12-24(3)19-9-14-25(15-26)11-4-5-20(25)17(19)6-7-22(24)23(18,2)13-10-21(16)27;1-3-2;1-2/h15-20,22H,4-14H2,1-3H3;3H,1H2,2H3;1-2H3. The molecule has 0 aliphatic heterocycles. The van der Waals surface area contributed by atoms with Crippen molar-refractivity contribution >= 4 is 12.1 Å². The molecular weight excluding hydrogens is 392 g/mol. The van der Waals surface area contributed by atoms with Gasteiger partial charge in [0.2, 0.25) is 0 Å². The van der Waals surface area contributed by atoms with Crippen LogP contribution in [0.15, 0.2) is 12.7 Å². The van der Waals surface area contributed by atoms with E-state index in [0.717, 1.165) is 43.4 Å². The Morgan fingerprint density at radius 1 is 0.875 bits per heavy atom. The van der Waals surface area contributed by atoms with Crippen molar-refractivity contribution in [2.24, 2.45) is 51.8 Å². The van der Waals surface area contributed by atoms with Crippen LogP contribution < -0.4 is 0 Å². The molecule has 9 atom stereocenters. The Bertz CT molecular complexity index is 697. The van der Waals surface area contributed by atoms with Crippen molar-refractivity contribution < 1.29 is 9.59 Å². The van der Waals surface area contributed by atoms with E-state index in [-0.39, 0.29) is 11.3 Å². The predicted octanol–water partition coefficient (Wildman–Crippen LogP) is 8.05. The van der Waals surface area contributed by atoms with Gasteiger partial charge in [0, 0.05) is 17.8 Å². The van der Waals surface area contributed by atoms with Crippen LogP contribution >= 0.6 is 0 Å². The molecule has 0 radical (unpaired) electrons. The number of carbonyl (C=O) groups is 2. The van der Waals surface area contributed by atoms with E-state index in [9.17, 15) is 9.59 Å². The molecule has 5 aliphatic rings. The molecular formula is C30H50O2. The van der Waals surface area contributed by atoms with Gasteiger partial charge in [0.25, 0.3) is 0 Å². The summed E-state index contributed by atoms with van der Waals surface area (Å²) in [5.74, 6) is 4.46.